The highest BCUT2D eigenvalue weighted by Crippen LogP contribution is 2.13. The normalized spacial score (nSPS) is 12.1. The Kier molecular flexibility index (Phi) is 5.65. The smallest absolute Gasteiger partial charge is 0.118 e. The van der Waals surface area contributed by atoms with Gasteiger partial charge >= 0.3 is 0 Å². The summed E-state index contributed by atoms with van der Waals surface area (Å²) in [6.45, 7) is 3.71. The minimum Gasteiger partial charge on any atom is -0.497 e. The molecular formula is C14H21NO. The zero-order chi connectivity index (χ0) is 11.8. The second-order valence-corrected chi connectivity index (χ2v) is 4.03. The number of benzene rings is 1. The first-order valence-electron chi connectivity index (χ1n) is 5.75. The van der Waals surface area contributed by atoms with Crippen LogP contribution in [0.1, 0.15) is 24.8 Å². The van der Waals surface area contributed by atoms with Crippen LogP contribution in [-0.2, 0) is 6.42 Å². The van der Waals surface area contributed by atoms with E-state index in [0.29, 0.717) is 0 Å². The molecule has 1 aromatic carbocycles. The molecule has 1 unspecified atom stereocenters. The van der Waals surface area contributed by atoms with Crippen LogP contribution in [0.3, 0.4) is 0 Å². The third-order valence-electron chi connectivity index (χ3n) is 2.64. The Labute approximate surface area is 98.1 Å². The first kappa shape index (κ1) is 12.8. The first-order valence-corrected chi connectivity index (χ1v) is 5.75. The summed E-state index contributed by atoms with van der Waals surface area (Å²) in [5, 5.41) is 0. The molecular weight excluding hydrogens is 198 g/mol. The van der Waals surface area contributed by atoms with Crippen LogP contribution in [0.15, 0.2) is 36.9 Å². The lowest BCUT2D eigenvalue weighted by Gasteiger charge is -2.11. The number of unbranched alkanes of at least 4 members (excludes halogenated alkanes) is 1. The zero-order valence-electron chi connectivity index (χ0n) is 9.99. The fourth-order valence-corrected chi connectivity index (χ4v) is 1.69. The summed E-state index contributed by atoms with van der Waals surface area (Å²) in [7, 11) is 1.68. The predicted molar refractivity (Wildman–Crippen MR) is 68.7 cm³/mol. The summed E-state index contributed by atoms with van der Waals surface area (Å²) in [6.07, 6.45) is 6.11. The Balaban J connectivity index is 2.37. The lowest BCUT2D eigenvalue weighted by molar-refractivity contribution is 0.414. The Morgan fingerprint density at radius 3 is 2.62 bits per heavy atom. The number of nitrogens with two attached hydrogens (primary N) is 1. The maximum atomic E-state index is 6.05. The third-order valence-corrected chi connectivity index (χ3v) is 2.64. The van der Waals surface area contributed by atoms with E-state index in [4.69, 9.17) is 10.5 Å². The van der Waals surface area contributed by atoms with Gasteiger partial charge in [-0.3, -0.25) is 0 Å². The van der Waals surface area contributed by atoms with Crippen molar-refractivity contribution in [2.24, 2.45) is 5.73 Å². The van der Waals surface area contributed by atoms with Gasteiger partial charge in [0, 0.05) is 6.04 Å². The molecule has 1 aromatic rings. The van der Waals surface area contributed by atoms with Gasteiger partial charge in [-0.15, -0.1) is 6.58 Å². The van der Waals surface area contributed by atoms with E-state index in [0.717, 1.165) is 31.4 Å². The number of methoxy groups -OCH3 is 1. The first-order chi connectivity index (χ1) is 7.76. The average Bonchev–Trinajstić information content (AvgIpc) is 2.30. The van der Waals surface area contributed by atoms with Gasteiger partial charge in [0.05, 0.1) is 7.11 Å². The van der Waals surface area contributed by atoms with Crippen LogP contribution in [-0.4, -0.2) is 13.2 Å². The van der Waals surface area contributed by atoms with Crippen molar-refractivity contribution in [3.8, 4) is 5.75 Å². The molecule has 2 heteroatoms. The Morgan fingerprint density at radius 2 is 2.06 bits per heavy atom. The van der Waals surface area contributed by atoms with Gasteiger partial charge in [-0.05, 0) is 43.4 Å². The lowest BCUT2D eigenvalue weighted by atomic mass is 10.0. The Hall–Kier alpha value is -1.28. The van der Waals surface area contributed by atoms with E-state index in [9.17, 15) is 0 Å². The molecule has 0 fully saturated rings. The Morgan fingerprint density at radius 1 is 1.38 bits per heavy atom. The molecule has 2 N–H and O–H groups in total. The molecule has 0 saturated carbocycles. The maximum absolute atomic E-state index is 6.05. The molecule has 1 atom stereocenters. The minimum atomic E-state index is 0.244. The molecule has 0 spiro atoms. The molecule has 0 heterocycles. The monoisotopic (exact) mass is 219 g/mol. The quantitative estimate of drug-likeness (QED) is 0.565. The van der Waals surface area contributed by atoms with Crippen LogP contribution in [0.25, 0.3) is 0 Å². The SMILES string of the molecule is C=CCCCC(N)Cc1ccc(OC)cc1. The highest BCUT2D eigenvalue weighted by molar-refractivity contribution is 5.27. The van der Waals surface area contributed by atoms with Crippen molar-refractivity contribution in [3.63, 3.8) is 0 Å². The maximum Gasteiger partial charge on any atom is 0.118 e. The van der Waals surface area contributed by atoms with Crippen LogP contribution in [0.4, 0.5) is 0 Å². The summed E-state index contributed by atoms with van der Waals surface area (Å²) in [5.74, 6) is 0.893. The summed E-state index contributed by atoms with van der Waals surface area (Å²) in [5.41, 5.74) is 7.32. The largest absolute Gasteiger partial charge is 0.497 e. The number of rotatable bonds is 7. The van der Waals surface area contributed by atoms with E-state index >= 15 is 0 Å². The fraction of sp³-hybridized carbons (Fsp3) is 0.429. The molecule has 0 saturated heterocycles. The summed E-state index contributed by atoms with van der Waals surface area (Å²) in [6, 6.07) is 8.35. The summed E-state index contributed by atoms with van der Waals surface area (Å²) in [4.78, 5) is 0. The molecule has 0 aliphatic rings. The second-order valence-electron chi connectivity index (χ2n) is 4.03. The lowest BCUT2D eigenvalue weighted by Crippen LogP contribution is -2.22. The van der Waals surface area contributed by atoms with E-state index in [2.05, 4.69) is 18.7 Å². The van der Waals surface area contributed by atoms with Crippen molar-refractivity contribution in [2.75, 3.05) is 7.11 Å². The van der Waals surface area contributed by atoms with Crippen molar-refractivity contribution in [2.45, 2.75) is 31.7 Å². The third kappa shape index (κ3) is 4.49. The number of ether oxygens (including phenoxy) is 1. The summed E-state index contributed by atoms with van der Waals surface area (Å²) < 4.78 is 5.11. The van der Waals surface area contributed by atoms with Gasteiger partial charge in [-0.1, -0.05) is 18.2 Å². The van der Waals surface area contributed by atoms with Crippen LogP contribution in [0, 0.1) is 0 Å². The summed E-state index contributed by atoms with van der Waals surface area (Å²) >= 11 is 0. The van der Waals surface area contributed by atoms with Crippen molar-refractivity contribution < 1.29 is 4.74 Å². The molecule has 0 bridgehead atoms. The molecule has 88 valence electrons. The molecule has 2 nitrogen and oxygen atoms in total. The van der Waals surface area contributed by atoms with Crippen molar-refractivity contribution in [1.82, 2.24) is 0 Å². The second kappa shape index (κ2) is 7.07. The van der Waals surface area contributed by atoms with Crippen molar-refractivity contribution >= 4 is 0 Å². The van der Waals surface area contributed by atoms with Gasteiger partial charge in [0.2, 0.25) is 0 Å². The van der Waals surface area contributed by atoms with Gasteiger partial charge in [0.25, 0.3) is 0 Å². The van der Waals surface area contributed by atoms with Crippen LogP contribution < -0.4 is 10.5 Å². The molecule has 0 aliphatic heterocycles. The zero-order valence-corrected chi connectivity index (χ0v) is 9.99. The standard InChI is InChI=1S/C14H21NO/c1-3-4-5-6-13(15)11-12-7-9-14(16-2)10-8-12/h3,7-10,13H,1,4-6,11,15H2,2H3. The van der Waals surface area contributed by atoms with E-state index < -0.39 is 0 Å². The van der Waals surface area contributed by atoms with Gasteiger partial charge < -0.3 is 10.5 Å². The minimum absolute atomic E-state index is 0.244. The van der Waals surface area contributed by atoms with Gasteiger partial charge in [-0.2, -0.15) is 0 Å². The van der Waals surface area contributed by atoms with Gasteiger partial charge in [0.15, 0.2) is 0 Å². The average molecular weight is 219 g/mol. The molecule has 16 heavy (non-hydrogen) atoms. The Bertz CT molecular complexity index is 305. The highest BCUT2D eigenvalue weighted by atomic mass is 16.5. The van der Waals surface area contributed by atoms with Gasteiger partial charge in [-0.25, -0.2) is 0 Å². The number of hydrogen-bond acceptors (Lipinski definition) is 2. The topological polar surface area (TPSA) is 35.2 Å². The predicted octanol–water partition coefficient (Wildman–Crippen LogP) is 2.92. The number of hydrogen-bond donors (Lipinski definition) is 1. The van der Waals surface area contributed by atoms with Crippen LogP contribution in [0.5, 0.6) is 5.75 Å². The van der Waals surface area contributed by atoms with E-state index in [-0.39, 0.29) is 6.04 Å². The van der Waals surface area contributed by atoms with Gasteiger partial charge in [0.1, 0.15) is 5.75 Å². The molecule has 0 amide bonds. The van der Waals surface area contributed by atoms with E-state index in [1.807, 2.05) is 18.2 Å². The highest BCUT2D eigenvalue weighted by Gasteiger charge is 2.03. The van der Waals surface area contributed by atoms with Crippen molar-refractivity contribution in [3.05, 3.63) is 42.5 Å². The number of allylic oxidation sites excluding steroid dienone is 1. The fourth-order valence-electron chi connectivity index (χ4n) is 1.69. The van der Waals surface area contributed by atoms with Crippen LogP contribution in [0.2, 0.25) is 0 Å². The molecule has 1 rings (SSSR count). The molecule has 0 radical (unpaired) electrons. The van der Waals surface area contributed by atoms with E-state index in [1.54, 1.807) is 7.11 Å². The molecule has 0 aromatic heterocycles. The van der Waals surface area contributed by atoms with Crippen LogP contribution >= 0.6 is 0 Å². The van der Waals surface area contributed by atoms with E-state index in [1.165, 1.54) is 5.56 Å². The van der Waals surface area contributed by atoms with Crippen molar-refractivity contribution in [1.29, 1.82) is 0 Å². The molecule has 0 aliphatic carbocycles.